The van der Waals surface area contributed by atoms with E-state index < -0.39 is 23.7 Å². The standard InChI is InChI=1S/C18H23NO5/c1-5-6-11-23-14-9-7-13(8-10-14)12-15(16(20)21)19-17(22)24-18(2,3)4/h7-10,15H,11-12H2,1-4H3,(H,19,22)(H,20,21). The molecule has 0 aromatic heterocycles. The molecular formula is C18H23NO5. The number of carboxylic acids is 1. The smallest absolute Gasteiger partial charge is 0.408 e. The van der Waals surface area contributed by atoms with E-state index in [0.717, 1.165) is 5.56 Å². The molecule has 0 saturated carbocycles. The lowest BCUT2D eigenvalue weighted by atomic mass is 10.1. The van der Waals surface area contributed by atoms with Gasteiger partial charge in [0.25, 0.3) is 0 Å². The maximum absolute atomic E-state index is 11.7. The summed E-state index contributed by atoms with van der Waals surface area (Å²) in [7, 11) is 0. The second-order valence-corrected chi connectivity index (χ2v) is 6.10. The van der Waals surface area contributed by atoms with Gasteiger partial charge in [-0.3, -0.25) is 0 Å². The van der Waals surface area contributed by atoms with Crippen LogP contribution >= 0.6 is 0 Å². The van der Waals surface area contributed by atoms with Gasteiger partial charge < -0.3 is 19.9 Å². The SMILES string of the molecule is CC#CCOc1ccc(CC(NC(=O)OC(C)(C)C)C(=O)O)cc1. The van der Waals surface area contributed by atoms with Crippen LogP contribution in [0.2, 0.25) is 0 Å². The maximum Gasteiger partial charge on any atom is 0.408 e. The Bertz CT molecular complexity index is 620. The fourth-order valence-electron chi connectivity index (χ4n) is 1.80. The molecule has 24 heavy (non-hydrogen) atoms. The molecule has 0 fully saturated rings. The predicted octanol–water partition coefficient (Wildman–Crippen LogP) is 2.61. The molecule has 0 aliphatic carbocycles. The number of hydrogen-bond donors (Lipinski definition) is 2. The molecule has 1 aromatic rings. The molecule has 0 aliphatic heterocycles. The lowest BCUT2D eigenvalue weighted by molar-refractivity contribution is -0.139. The molecule has 1 amide bonds. The molecule has 0 heterocycles. The Hall–Kier alpha value is -2.68. The van der Waals surface area contributed by atoms with Crippen LogP contribution in [0.5, 0.6) is 5.75 Å². The Morgan fingerprint density at radius 3 is 2.38 bits per heavy atom. The highest BCUT2D eigenvalue weighted by Crippen LogP contribution is 2.14. The number of carbonyl (C=O) groups excluding carboxylic acids is 1. The first-order valence-corrected chi connectivity index (χ1v) is 7.55. The van der Waals surface area contributed by atoms with E-state index in [2.05, 4.69) is 17.2 Å². The second kappa shape index (κ2) is 8.82. The van der Waals surface area contributed by atoms with Crippen molar-refractivity contribution in [2.24, 2.45) is 0 Å². The number of aliphatic carboxylic acids is 1. The average molecular weight is 333 g/mol. The van der Waals surface area contributed by atoms with Gasteiger partial charge >= 0.3 is 12.1 Å². The molecule has 0 radical (unpaired) electrons. The van der Waals surface area contributed by atoms with E-state index in [1.807, 2.05) is 0 Å². The van der Waals surface area contributed by atoms with Crippen LogP contribution < -0.4 is 10.1 Å². The summed E-state index contributed by atoms with van der Waals surface area (Å²) in [4.78, 5) is 23.1. The first-order chi connectivity index (χ1) is 11.2. The zero-order valence-corrected chi connectivity index (χ0v) is 14.4. The third-order valence-corrected chi connectivity index (χ3v) is 2.84. The van der Waals surface area contributed by atoms with Crippen molar-refractivity contribution in [3.8, 4) is 17.6 Å². The lowest BCUT2D eigenvalue weighted by Crippen LogP contribution is -2.44. The Morgan fingerprint density at radius 2 is 1.88 bits per heavy atom. The van der Waals surface area contributed by atoms with Gasteiger partial charge in [-0.15, -0.1) is 5.92 Å². The van der Waals surface area contributed by atoms with E-state index in [0.29, 0.717) is 12.4 Å². The summed E-state index contributed by atoms with van der Waals surface area (Å²) >= 11 is 0. The zero-order valence-electron chi connectivity index (χ0n) is 14.4. The van der Waals surface area contributed by atoms with Gasteiger partial charge in [0, 0.05) is 6.42 Å². The van der Waals surface area contributed by atoms with E-state index in [9.17, 15) is 14.7 Å². The summed E-state index contributed by atoms with van der Waals surface area (Å²) < 4.78 is 10.5. The lowest BCUT2D eigenvalue weighted by Gasteiger charge is -2.22. The van der Waals surface area contributed by atoms with Crippen LogP contribution in [-0.4, -0.2) is 35.4 Å². The number of amides is 1. The summed E-state index contributed by atoms with van der Waals surface area (Å²) in [6, 6.07) is 5.90. The average Bonchev–Trinajstić information content (AvgIpc) is 2.46. The molecule has 6 nitrogen and oxygen atoms in total. The van der Waals surface area contributed by atoms with Crippen molar-refractivity contribution in [2.75, 3.05) is 6.61 Å². The molecular weight excluding hydrogens is 310 g/mol. The van der Waals surface area contributed by atoms with Crippen molar-refractivity contribution in [3.63, 3.8) is 0 Å². The summed E-state index contributed by atoms with van der Waals surface area (Å²) in [5.41, 5.74) is 0.0698. The fourth-order valence-corrected chi connectivity index (χ4v) is 1.80. The number of carboxylic acid groups (broad SMARTS) is 1. The first kappa shape index (κ1) is 19.4. The number of nitrogens with one attached hydrogen (secondary N) is 1. The zero-order chi connectivity index (χ0) is 18.2. The quantitative estimate of drug-likeness (QED) is 0.782. The molecule has 0 aliphatic rings. The number of alkyl carbamates (subject to hydrolysis) is 1. The fraction of sp³-hybridized carbons (Fsp3) is 0.444. The number of rotatable bonds is 6. The predicted molar refractivity (Wildman–Crippen MR) is 89.9 cm³/mol. The third-order valence-electron chi connectivity index (χ3n) is 2.84. The Balaban J connectivity index is 2.66. The van der Waals surface area contributed by atoms with E-state index >= 15 is 0 Å². The Morgan fingerprint density at radius 1 is 1.25 bits per heavy atom. The van der Waals surface area contributed by atoms with Gasteiger partial charge in [0.15, 0.2) is 0 Å². The van der Waals surface area contributed by atoms with Crippen molar-refractivity contribution < 1.29 is 24.2 Å². The van der Waals surface area contributed by atoms with Crippen LogP contribution in [0.15, 0.2) is 24.3 Å². The third kappa shape index (κ3) is 7.54. The summed E-state index contributed by atoms with van der Waals surface area (Å²) in [5.74, 6) is 5.04. The molecule has 1 unspecified atom stereocenters. The van der Waals surface area contributed by atoms with Crippen LogP contribution in [0, 0.1) is 11.8 Å². The highest BCUT2D eigenvalue weighted by Gasteiger charge is 2.24. The van der Waals surface area contributed by atoms with Gasteiger partial charge in [0.05, 0.1) is 0 Å². The molecule has 0 saturated heterocycles. The van der Waals surface area contributed by atoms with Crippen molar-refractivity contribution >= 4 is 12.1 Å². The molecule has 1 aromatic carbocycles. The summed E-state index contributed by atoms with van der Waals surface area (Å²) in [6.45, 7) is 7.17. The highest BCUT2D eigenvalue weighted by atomic mass is 16.6. The normalized spacial score (nSPS) is 11.7. The molecule has 6 heteroatoms. The monoisotopic (exact) mass is 333 g/mol. The first-order valence-electron chi connectivity index (χ1n) is 7.55. The van der Waals surface area contributed by atoms with Crippen LogP contribution in [0.3, 0.4) is 0 Å². The van der Waals surface area contributed by atoms with Crippen molar-refractivity contribution in [1.82, 2.24) is 5.32 Å². The topological polar surface area (TPSA) is 84.9 Å². The van der Waals surface area contributed by atoms with Gasteiger partial charge in [0.1, 0.15) is 24.0 Å². The van der Waals surface area contributed by atoms with Crippen LogP contribution in [-0.2, 0) is 16.0 Å². The van der Waals surface area contributed by atoms with Crippen LogP contribution in [0.25, 0.3) is 0 Å². The van der Waals surface area contributed by atoms with Gasteiger partial charge in [0.2, 0.25) is 0 Å². The van der Waals surface area contributed by atoms with Crippen LogP contribution in [0.4, 0.5) is 4.79 Å². The van der Waals surface area contributed by atoms with Crippen molar-refractivity contribution in [1.29, 1.82) is 0 Å². The van der Waals surface area contributed by atoms with E-state index in [1.54, 1.807) is 52.0 Å². The van der Waals surface area contributed by atoms with Gasteiger partial charge in [-0.2, -0.15) is 0 Å². The summed E-state index contributed by atoms with van der Waals surface area (Å²) in [5, 5.41) is 11.6. The minimum atomic E-state index is -1.13. The van der Waals surface area contributed by atoms with Gasteiger partial charge in [-0.25, -0.2) is 9.59 Å². The van der Waals surface area contributed by atoms with E-state index in [1.165, 1.54) is 0 Å². The largest absolute Gasteiger partial charge is 0.481 e. The van der Waals surface area contributed by atoms with Gasteiger partial charge in [-0.1, -0.05) is 18.1 Å². The van der Waals surface area contributed by atoms with Gasteiger partial charge in [-0.05, 0) is 45.4 Å². The molecule has 1 atom stereocenters. The van der Waals surface area contributed by atoms with Crippen molar-refractivity contribution in [3.05, 3.63) is 29.8 Å². The molecule has 1 rings (SSSR count). The second-order valence-electron chi connectivity index (χ2n) is 6.10. The van der Waals surface area contributed by atoms with Crippen LogP contribution in [0.1, 0.15) is 33.3 Å². The molecule has 130 valence electrons. The maximum atomic E-state index is 11.7. The number of ether oxygens (including phenoxy) is 2. The minimum absolute atomic E-state index is 0.142. The van der Waals surface area contributed by atoms with E-state index in [-0.39, 0.29) is 6.42 Å². The van der Waals surface area contributed by atoms with E-state index in [4.69, 9.17) is 9.47 Å². The molecule has 0 bridgehead atoms. The summed E-state index contributed by atoms with van der Waals surface area (Å²) in [6.07, 6.45) is -0.614. The highest BCUT2D eigenvalue weighted by molar-refractivity contribution is 5.80. The number of carbonyl (C=O) groups is 2. The molecule has 2 N–H and O–H groups in total. The Labute approximate surface area is 142 Å². The van der Waals surface area contributed by atoms with Crippen molar-refractivity contribution in [2.45, 2.75) is 45.8 Å². The number of hydrogen-bond acceptors (Lipinski definition) is 4. The minimum Gasteiger partial charge on any atom is -0.481 e. The Kier molecular flexibility index (Phi) is 7.12. The number of benzene rings is 1. The molecule has 0 spiro atoms.